The lowest BCUT2D eigenvalue weighted by atomic mass is 9.85. The molecule has 2 aliphatic rings. The van der Waals surface area contributed by atoms with E-state index in [1.807, 2.05) is 36.4 Å². The fraction of sp³-hybridized carbons (Fsp3) is 0.167. The van der Waals surface area contributed by atoms with Crippen molar-refractivity contribution in [1.29, 1.82) is 0 Å². The van der Waals surface area contributed by atoms with Crippen molar-refractivity contribution in [1.82, 2.24) is 0 Å². The molecule has 0 unspecified atom stereocenters. The first-order chi connectivity index (χ1) is 10.2. The summed E-state index contributed by atoms with van der Waals surface area (Å²) in [4.78, 5) is 12.0. The summed E-state index contributed by atoms with van der Waals surface area (Å²) in [6, 6.07) is 16.2. The lowest BCUT2D eigenvalue weighted by Gasteiger charge is -2.34. The molecule has 0 saturated carbocycles. The average Bonchev–Trinajstić information content (AvgIpc) is 2.78. The second-order valence-corrected chi connectivity index (χ2v) is 5.33. The predicted octanol–water partition coefficient (Wildman–Crippen LogP) is 3.39. The maximum Gasteiger partial charge on any atom is 0.335 e. The minimum Gasteiger partial charge on any atom is -0.501 e. The Kier molecular flexibility index (Phi) is 2.45. The Hall–Kier alpha value is -2.55. The molecule has 4 rings (SSSR count). The van der Waals surface area contributed by atoms with Crippen LogP contribution in [-0.2, 0) is 19.9 Å². The van der Waals surface area contributed by atoms with Gasteiger partial charge in [0.2, 0.25) is 0 Å². The van der Waals surface area contributed by atoms with Crippen LogP contribution < -0.4 is 0 Å². The van der Waals surface area contributed by atoms with Gasteiger partial charge in [-0.1, -0.05) is 48.5 Å². The van der Waals surface area contributed by atoms with Gasteiger partial charge in [0.25, 0.3) is 0 Å². The van der Waals surface area contributed by atoms with Gasteiger partial charge in [-0.15, -0.1) is 0 Å². The maximum absolute atomic E-state index is 12.0. The lowest BCUT2D eigenvalue weighted by molar-refractivity contribution is -0.153. The summed E-state index contributed by atoms with van der Waals surface area (Å²) in [6.45, 7) is 0. The second-order valence-electron chi connectivity index (χ2n) is 5.33. The minimum absolute atomic E-state index is 0.357. The molecule has 2 aromatic rings. The Morgan fingerprint density at radius 2 is 1.57 bits per heavy atom. The van der Waals surface area contributed by atoms with E-state index < -0.39 is 5.60 Å². The third-order valence-electron chi connectivity index (χ3n) is 4.25. The highest BCUT2D eigenvalue weighted by molar-refractivity contribution is 5.88. The van der Waals surface area contributed by atoms with Crippen LogP contribution in [0.5, 0.6) is 0 Å². The van der Waals surface area contributed by atoms with E-state index in [9.17, 15) is 4.79 Å². The molecule has 0 saturated heterocycles. The number of carbonyl (C=O) groups excluding carboxylic acids is 1. The second kappa shape index (κ2) is 4.22. The number of rotatable bonds is 1. The zero-order valence-electron chi connectivity index (χ0n) is 11.6. The molecule has 3 heteroatoms. The van der Waals surface area contributed by atoms with E-state index in [0.717, 1.165) is 22.3 Å². The molecule has 1 aliphatic carbocycles. The summed E-state index contributed by atoms with van der Waals surface area (Å²) in [6.07, 6.45) is 1.96. The number of methoxy groups -OCH3 is 1. The highest BCUT2D eigenvalue weighted by Gasteiger charge is 2.49. The third kappa shape index (κ3) is 1.57. The summed E-state index contributed by atoms with van der Waals surface area (Å²) in [5.74, 6) is 0.294. The smallest absolute Gasteiger partial charge is 0.335 e. The van der Waals surface area contributed by atoms with Gasteiger partial charge < -0.3 is 9.47 Å². The molecule has 0 aromatic heterocycles. The molecule has 1 spiro atoms. The maximum atomic E-state index is 12.0. The molecule has 1 aliphatic heterocycles. The SMILES string of the molecule is COC1=CC(=O)OC2(C1)c1ccccc1-c1ccccc12. The number of carbonyl (C=O) groups is 1. The Balaban J connectivity index is 2.01. The highest BCUT2D eigenvalue weighted by atomic mass is 16.6. The Morgan fingerprint density at radius 1 is 1.00 bits per heavy atom. The van der Waals surface area contributed by atoms with E-state index in [4.69, 9.17) is 9.47 Å². The van der Waals surface area contributed by atoms with Gasteiger partial charge in [0, 0.05) is 11.1 Å². The lowest BCUT2D eigenvalue weighted by Crippen LogP contribution is -2.35. The molecule has 104 valence electrons. The molecule has 0 radical (unpaired) electrons. The first-order valence-electron chi connectivity index (χ1n) is 6.91. The standard InChI is InChI=1S/C18H14O3/c1-20-12-10-17(19)21-18(11-12)15-8-4-2-6-13(15)14-7-3-5-9-16(14)18/h2-10H,11H2,1H3. The van der Waals surface area contributed by atoms with Crippen LogP contribution in [0.1, 0.15) is 17.5 Å². The number of fused-ring (bicyclic) bond motifs is 5. The molecule has 0 amide bonds. The van der Waals surface area contributed by atoms with Crippen molar-refractivity contribution in [3.63, 3.8) is 0 Å². The molecule has 21 heavy (non-hydrogen) atoms. The van der Waals surface area contributed by atoms with E-state index in [1.165, 1.54) is 6.08 Å². The predicted molar refractivity (Wildman–Crippen MR) is 78.5 cm³/mol. The molecule has 1 heterocycles. The van der Waals surface area contributed by atoms with Gasteiger partial charge in [0.05, 0.1) is 19.6 Å². The van der Waals surface area contributed by atoms with E-state index in [2.05, 4.69) is 12.1 Å². The van der Waals surface area contributed by atoms with Crippen LogP contribution in [0.4, 0.5) is 0 Å². The monoisotopic (exact) mass is 278 g/mol. The summed E-state index contributed by atoms with van der Waals surface area (Å²) in [7, 11) is 1.59. The quantitative estimate of drug-likeness (QED) is 0.750. The topological polar surface area (TPSA) is 35.5 Å². The third-order valence-corrected chi connectivity index (χ3v) is 4.25. The van der Waals surface area contributed by atoms with E-state index in [-0.39, 0.29) is 5.97 Å². The van der Waals surface area contributed by atoms with Crippen molar-refractivity contribution in [2.75, 3.05) is 7.11 Å². The molecule has 0 atom stereocenters. The van der Waals surface area contributed by atoms with Gasteiger partial charge in [0.15, 0.2) is 5.60 Å². The zero-order valence-corrected chi connectivity index (χ0v) is 11.6. The normalized spacial score (nSPS) is 17.8. The van der Waals surface area contributed by atoms with Crippen LogP contribution in [0.3, 0.4) is 0 Å². The van der Waals surface area contributed by atoms with E-state index >= 15 is 0 Å². The van der Waals surface area contributed by atoms with Gasteiger partial charge in [-0.25, -0.2) is 4.79 Å². The van der Waals surface area contributed by atoms with Crippen LogP contribution in [0.15, 0.2) is 60.4 Å². The molecule has 3 nitrogen and oxygen atoms in total. The average molecular weight is 278 g/mol. The van der Waals surface area contributed by atoms with Crippen molar-refractivity contribution in [2.45, 2.75) is 12.0 Å². The number of ether oxygens (including phenoxy) is 2. The summed E-state index contributed by atoms with van der Waals surface area (Å²) >= 11 is 0. The molecular formula is C18H14O3. The van der Waals surface area contributed by atoms with Gasteiger partial charge in [0.1, 0.15) is 5.76 Å². The summed E-state index contributed by atoms with van der Waals surface area (Å²) in [5, 5.41) is 0. The highest BCUT2D eigenvalue weighted by Crippen LogP contribution is 2.53. The van der Waals surface area contributed by atoms with E-state index in [0.29, 0.717) is 12.2 Å². The van der Waals surface area contributed by atoms with E-state index in [1.54, 1.807) is 7.11 Å². The Labute approximate surface area is 122 Å². The first kappa shape index (κ1) is 12.2. The molecule has 0 N–H and O–H groups in total. The van der Waals surface area contributed by atoms with Crippen LogP contribution in [-0.4, -0.2) is 13.1 Å². The van der Waals surface area contributed by atoms with Gasteiger partial charge in [-0.3, -0.25) is 0 Å². The fourth-order valence-electron chi connectivity index (χ4n) is 3.38. The van der Waals surface area contributed by atoms with Crippen LogP contribution >= 0.6 is 0 Å². The molecule has 0 fully saturated rings. The fourth-order valence-corrected chi connectivity index (χ4v) is 3.38. The van der Waals surface area contributed by atoms with Crippen molar-refractivity contribution in [3.8, 4) is 11.1 Å². The van der Waals surface area contributed by atoms with Crippen molar-refractivity contribution in [2.24, 2.45) is 0 Å². The van der Waals surface area contributed by atoms with Crippen molar-refractivity contribution < 1.29 is 14.3 Å². The van der Waals surface area contributed by atoms with Gasteiger partial charge >= 0.3 is 5.97 Å². The molecular weight excluding hydrogens is 264 g/mol. The van der Waals surface area contributed by atoms with Crippen molar-refractivity contribution in [3.05, 3.63) is 71.5 Å². The number of hydrogen-bond donors (Lipinski definition) is 0. The summed E-state index contributed by atoms with van der Waals surface area (Å²) < 4.78 is 11.2. The first-order valence-corrected chi connectivity index (χ1v) is 6.91. The van der Waals surface area contributed by atoms with Crippen molar-refractivity contribution >= 4 is 5.97 Å². The number of esters is 1. The number of hydrogen-bond acceptors (Lipinski definition) is 3. The van der Waals surface area contributed by atoms with Gasteiger partial charge in [-0.2, -0.15) is 0 Å². The molecule has 2 aromatic carbocycles. The summed E-state index contributed by atoms with van der Waals surface area (Å²) in [5.41, 5.74) is 3.55. The molecule has 0 bridgehead atoms. The van der Waals surface area contributed by atoms with Crippen LogP contribution in [0.2, 0.25) is 0 Å². The largest absolute Gasteiger partial charge is 0.501 e. The minimum atomic E-state index is -0.760. The zero-order chi connectivity index (χ0) is 14.4. The Morgan fingerprint density at radius 3 is 2.14 bits per heavy atom. The van der Waals surface area contributed by atoms with Crippen LogP contribution in [0.25, 0.3) is 11.1 Å². The Bertz CT molecular complexity index is 728. The van der Waals surface area contributed by atoms with Crippen LogP contribution in [0, 0.1) is 0 Å². The number of benzene rings is 2. The van der Waals surface area contributed by atoms with Gasteiger partial charge in [-0.05, 0) is 11.1 Å².